The number of para-hydroxylation sites is 1. The fourth-order valence-electron chi connectivity index (χ4n) is 2.72. The second kappa shape index (κ2) is 4.27. The Morgan fingerprint density at radius 3 is 2.40 bits per heavy atom. The van der Waals surface area contributed by atoms with Crippen LogP contribution in [0.2, 0.25) is 0 Å². The molecule has 92 valence electrons. The first-order chi connectivity index (χ1) is 9.84. The Morgan fingerprint density at radius 1 is 0.750 bits per heavy atom. The van der Waals surface area contributed by atoms with Crippen LogP contribution in [0.25, 0.3) is 33.1 Å². The summed E-state index contributed by atoms with van der Waals surface area (Å²) < 4.78 is 6.04. The Kier molecular flexibility index (Phi) is 2.43. The quantitative estimate of drug-likeness (QED) is 0.467. The molecule has 20 heavy (non-hydrogen) atoms. The van der Waals surface area contributed by atoms with E-state index in [0.717, 1.165) is 38.5 Å². The smallest absolute Gasteiger partial charge is 0.143 e. The summed E-state index contributed by atoms with van der Waals surface area (Å²) in [5.41, 5.74) is 4.73. The van der Waals surface area contributed by atoms with Crippen LogP contribution in [0.5, 0.6) is 0 Å². The molecule has 0 unspecified atom stereocenters. The van der Waals surface area contributed by atoms with E-state index in [1.807, 2.05) is 42.5 Å². The highest BCUT2D eigenvalue weighted by atomic mass is 16.3. The van der Waals surface area contributed by atoms with Crippen molar-refractivity contribution in [1.29, 1.82) is 0 Å². The molecule has 0 bridgehead atoms. The maximum atomic E-state index is 6.10. The maximum absolute atomic E-state index is 6.10. The van der Waals surface area contributed by atoms with Gasteiger partial charge in [0, 0.05) is 16.3 Å². The predicted molar refractivity (Wildman–Crippen MR) is 84.5 cm³/mol. The highest BCUT2D eigenvalue weighted by molar-refractivity contribution is 6.41. The van der Waals surface area contributed by atoms with Gasteiger partial charge in [0.1, 0.15) is 19.0 Å². The number of rotatable bonds is 1. The van der Waals surface area contributed by atoms with Gasteiger partial charge in [-0.1, -0.05) is 66.1 Å². The van der Waals surface area contributed by atoms with Gasteiger partial charge in [0.2, 0.25) is 0 Å². The zero-order chi connectivity index (χ0) is 13.5. The molecule has 0 amide bonds. The minimum atomic E-state index is 0.756. The van der Waals surface area contributed by atoms with Crippen LogP contribution in [0, 0.1) is 0 Å². The van der Waals surface area contributed by atoms with E-state index in [4.69, 9.17) is 12.3 Å². The highest BCUT2D eigenvalue weighted by Crippen LogP contribution is 2.34. The molecule has 0 spiro atoms. The van der Waals surface area contributed by atoms with E-state index < -0.39 is 0 Å². The molecule has 1 aromatic heterocycles. The van der Waals surface area contributed by atoms with Crippen molar-refractivity contribution in [2.75, 3.05) is 0 Å². The molecule has 2 radical (unpaired) electrons. The van der Waals surface area contributed by atoms with Gasteiger partial charge in [-0.2, -0.15) is 0 Å². The van der Waals surface area contributed by atoms with Gasteiger partial charge in [0.15, 0.2) is 0 Å². The van der Waals surface area contributed by atoms with Gasteiger partial charge in [0.05, 0.1) is 0 Å². The van der Waals surface area contributed by atoms with Crippen molar-refractivity contribution in [1.82, 2.24) is 0 Å². The first-order valence-electron chi connectivity index (χ1n) is 6.60. The second-order valence-corrected chi connectivity index (χ2v) is 4.87. The molecular formula is C18H11BO. The number of fused-ring (bicyclic) bond motifs is 3. The topological polar surface area (TPSA) is 13.1 Å². The Hall–Kier alpha value is -2.48. The molecule has 0 atom stereocenters. The number of benzene rings is 3. The van der Waals surface area contributed by atoms with E-state index in [-0.39, 0.29) is 0 Å². The van der Waals surface area contributed by atoms with Crippen LogP contribution in [0.15, 0.2) is 71.1 Å². The molecule has 0 saturated heterocycles. The summed E-state index contributed by atoms with van der Waals surface area (Å²) in [5, 5.41) is 2.07. The third-order valence-corrected chi connectivity index (χ3v) is 3.64. The highest BCUT2D eigenvalue weighted by Gasteiger charge is 2.12. The molecule has 0 aliphatic carbocycles. The average molecular weight is 254 g/mol. The molecule has 0 aliphatic rings. The van der Waals surface area contributed by atoms with E-state index in [2.05, 4.69) is 24.3 Å². The van der Waals surface area contributed by atoms with Crippen molar-refractivity contribution in [2.45, 2.75) is 0 Å². The first-order valence-corrected chi connectivity index (χ1v) is 6.60. The Morgan fingerprint density at radius 2 is 1.55 bits per heavy atom. The summed E-state index contributed by atoms with van der Waals surface area (Å²) in [6, 6.07) is 22.2. The zero-order valence-electron chi connectivity index (χ0n) is 10.8. The van der Waals surface area contributed by atoms with Gasteiger partial charge in [-0.15, -0.1) is 0 Å². The van der Waals surface area contributed by atoms with Crippen LogP contribution in [0.1, 0.15) is 0 Å². The van der Waals surface area contributed by atoms with E-state index in [0.29, 0.717) is 0 Å². The monoisotopic (exact) mass is 254 g/mol. The molecule has 4 rings (SSSR count). The molecule has 0 aliphatic heterocycles. The number of furan rings is 1. The van der Waals surface area contributed by atoms with Crippen LogP contribution in [0.3, 0.4) is 0 Å². The summed E-state index contributed by atoms with van der Waals surface area (Å²) in [6.07, 6.45) is 0. The summed E-state index contributed by atoms with van der Waals surface area (Å²) in [5.74, 6) is 0. The lowest BCUT2D eigenvalue weighted by molar-refractivity contribution is 0.670. The maximum Gasteiger partial charge on any atom is 0.143 e. The van der Waals surface area contributed by atoms with Gasteiger partial charge < -0.3 is 4.42 Å². The zero-order valence-corrected chi connectivity index (χ0v) is 10.8. The van der Waals surface area contributed by atoms with Crippen molar-refractivity contribution in [3.8, 4) is 11.1 Å². The summed E-state index contributed by atoms with van der Waals surface area (Å²) >= 11 is 0. The van der Waals surface area contributed by atoms with E-state index in [9.17, 15) is 0 Å². The van der Waals surface area contributed by atoms with Crippen molar-refractivity contribution in [3.05, 3.63) is 66.7 Å². The fraction of sp³-hybridized carbons (Fsp3) is 0. The standard InChI is InChI=1S/C18H11BO/c19-15-10-5-11-16-17(15)14-9-4-8-13(18(14)20-16)12-6-2-1-3-7-12/h1-11H. The van der Waals surface area contributed by atoms with E-state index in [1.165, 1.54) is 0 Å². The normalized spacial score (nSPS) is 11.2. The third kappa shape index (κ3) is 1.58. The van der Waals surface area contributed by atoms with Crippen molar-refractivity contribution < 1.29 is 4.42 Å². The van der Waals surface area contributed by atoms with E-state index >= 15 is 0 Å². The van der Waals surface area contributed by atoms with Crippen LogP contribution in [-0.2, 0) is 0 Å². The van der Waals surface area contributed by atoms with Gasteiger partial charge in [-0.3, -0.25) is 0 Å². The lowest BCUT2D eigenvalue weighted by atomic mass is 9.90. The summed E-state index contributed by atoms with van der Waals surface area (Å²) in [7, 11) is 6.10. The molecule has 4 aromatic rings. The lowest BCUT2D eigenvalue weighted by Crippen LogP contribution is -2.01. The van der Waals surface area contributed by atoms with Gasteiger partial charge in [0.25, 0.3) is 0 Å². The van der Waals surface area contributed by atoms with Crippen molar-refractivity contribution in [3.63, 3.8) is 0 Å². The molecule has 2 heteroatoms. The van der Waals surface area contributed by atoms with Crippen molar-refractivity contribution in [2.24, 2.45) is 0 Å². The average Bonchev–Trinajstić information content (AvgIpc) is 2.88. The summed E-state index contributed by atoms with van der Waals surface area (Å²) in [6.45, 7) is 0. The molecule has 0 N–H and O–H groups in total. The van der Waals surface area contributed by atoms with E-state index in [1.54, 1.807) is 0 Å². The summed E-state index contributed by atoms with van der Waals surface area (Å²) in [4.78, 5) is 0. The molecule has 1 heterocycles. The SMILES string of the molecule is [B]c1cccc2oc3c(-c4ccccc4)cccc3c12. The molecular weight excluding hydrogens is 243 g/mol. The number of hydrogen-bond donors (Lipinski definition) is 0. The van der Waals surface area contributed by atoms with Crippen LogP contribution < -0.4 is 5.46 Å². The molecule has 0 saturated carbocycles. The second-order valence-electron chi connectivity index (χ2n) is 4.87. The minimum Gasteiger partial charge on any atom is -0.455 e. The Balaban J connectivity index is 2.14. The third-order valence-electron chi connectivity index (χ3n) is 3.64. The molecule has 3 aromatic carbocycles. The largest absolute Gasteiger partial charge is 0.455 e. The van der Waals surface area contributed by atoms with Crippen molar-refractivity contribution >= 4 is 35.2 Å². The van der Waals surface area contributed by atoms with Gasteiger partial charge in [-0.05, 0) is 11.6 Å². The van der Waals surface area contributed by atoms with Gasteiger partial charge >= 0.3 is 0 Å². The van der Waals surface area contributed by atoms with Crippen LogP contribution in [-0.4, -0.2) is 7.85 Å². The first kappa shape index (κ1) is 11.4. The lowest BCUT2D eigenvalue weighted by Gasteiger charge is -2.02. The van der Waals surface area contributed by atoms with Crippen LogP contribution >= 0.6 is 0 Å². The Bertz CT molecular complexity index is 907. The Labute approximate surface area is 118 Å². The number of hydrogen-bond acceptors (Lipinski definition) is 1. The fourth-order valence-corrected chi connectivity index (χ4v) is 2.72. The molecule has 1 nitrogen and oxygen atoms in total. The predicted octanol–water partition coefficient (Wildman–Crippen LogP) is 4.05. The molecule has 0 fully saturated rings. The van der Waals surface area contributed by atoms with Crippen LogP contribution in [0.4, 0.5) is 0 Å². The van der Waals surface area contributed by atoms with Gasteiger partial charge in [-0.25, -0.2) is 0 Å². The minimum absolute atomic E-state index is 0.756.